The first-order valence-corrected chi connectivity index (χ1v) is 7.17. The quantitative estimate of drug-likeness (QED) is 0.864. The van der Waals surface area contributed by atoms with Crippen LogP contribution in [0.15, 0.2) is 18.2 Å². The van der Waals surface area contributed by atoms with Crippen LogP contribution in [0.25, 0.3) is 0 Å². The Balaban J connectivity index is 1.80. The van der Waals surface area contributed by atoms with Gasteiger partial charge in [0.2, 0.25) is 5.91 Å². The Labute approximate surface area is 124 Å². The molecule has 2 atom stereocenters. The summed E-state index contributed by atoms with van der Waals surface area (Å²) in [6.07, 6.45) is 0.579. The average Bonchev–Trinajstić information content (AvgIpc) is 2.90. The maximum Gasteiger partial charge on any atom is 0.332 e. The SMILES string of the molecule is Cc1ccc(C)c(CC(=O)NCC2CCC(C(=O)O)O2)c1. The summed E-state index contributed by atoms with van der Waals surface area (Å²) in [5, 5.41) is 11.7. The minimum absolute atomic E-state index is 0.0638. The van der Waals surface area contributed by atoms with Crippen molar-refractivity contribution in [2.24, 2.45) is 0 Å². The maximum atomic E-state index is 12.0. The Morgan fingerprint density at radius 1 is 1.33 bits per heavy atom. The molecule has 1 aliphatic rings. The van der Waals surface area contributed by atoms with Gasteiger partial charge in [0.1, 0.15) is 0 Å². The van der Waals surface area contributed by atoms with Gasteiger partial charge in [-0.05, 0) is 37.8 Å². The minimum atomic E-state index is -0.931. The van der Waals surface area contributed by atoms with E-state index in [0.717, 1.165) is 16.7 Å². The molecule has 2 rings (SSSR count). The molecule has 2 unspecified atom stereocenters. The number of carbonyl (C=O) groups is 2. The molecule has 0 radical (unpaired) electrons. The van der Waals surface area contributed by atoms with Crippen molar-refractivity contribution in [3.05, 3.63) is 34.9 Å². The van der Waals surface area contributed by atoms with Gasteiger partial charge in [0.05, 0.1) is 12.5 Å². The molecule has 0 aliphatic carbocycles. The van der Waals surface area contributed by atoms with E-state index in [2.05, 4.69) is 5.32 Å². The smallest absolute Gasteiger partial charge is 0.332 e. The summed E-state index contributed by atoms with van der Waals surface area (Å²) in [6, 6.07) is 6.05. The van der Waals surface area contributed by atoms with E-state index in [9.17, 15) is 9.59 Å². The molecule has 1 aliphatic heterocycles. The van der Waals surface area contributed by atoms with E-state index in [1.807, 2.05) is 32.0 Å². The lowest BCUT2D eigenvalue weighted by Gasteiger charge is -2.13. The number of carbonyl (C=O) groups excluding carboxylic acids is 1. The first kappa shape index (κ1) is 15.5. The standard InChI is InChI=1S/C16H21NO4/c1-10-3-4-11(2)12(7-10)8-15(18)17-9-13-5-6-14(21-13)16(19)20/h3-4,7,13-14H,5-6,8-9H2,1-2H3,(H,17,18)(H,19,20). The molecule has 1 aromatic carbocycles. The number of aliphatic carboxylic acids is 1. The molecule has 0 saturated carbocycles. The topological polar surface area (TPSA) is 75.6 Å². The first-order valence-electron chi connectivity index (χ1n) is 7.17. The second-order valence-electron chi connectivity index (χ2n) is 5.57. The Hall–Kier alpha value is -1.88. The van der Waals surface area contributed by atoms with Gasteiger partial charge in [-0.25, -0.2) is 4.79 Å². The normalized spacial score (nSPS) is 21.2. The van der Waals surface area contributed by atoms with E-state index in [1.54, 1.807) is 0 Å². The van der Waals surface area contributed by atoms with Gasteiger partial charge in [-0.15, -0.1) is 0 Å². The van der Waals surface area contributed by atoms with Crippen molar-refractivity contribution in [1.82, 2.24) is 5.32 Å². The van der Waals surface area contributed by atoms with Crippen LogP contribution >= 0.6 is 0 Å². The fourth-order valence-electron chi connectivity index (χ4n) is 2.49. The van der Waals surface area contributed by atoms with Gasteiger partial charge in [0.15, 0.2) is 6.10 Å². The molecule has 1 amide bonds. The summed E-state index contributed by atoms with van der Waals surface area (Å²) in [6.45, 7) is 4.35. The number of hydrogen-bond acceptors (Lipinski definition) is 3. The number of amides is 1. The van der Waals surface area contributed by atoms with Crippen molar-refractivity contribution in [2.75, 3.05) is 6.54 Å². The molecule has 0 aromatic heterocycles. The van der Waals surface area contributed by atoms with Crippen molar-refractivity contribution in [3.63, 3.8) is 0 Å². The summed E-state index contributed by atoms with van der Waals surface area (Å²) in [7, 11) is 0. The molecule has 1 heterocycles. The number of carboxylic acid groups (broad SMARTS) is 1. The third kappa shape index (κ3) is 4.29. The van der Waals surface area contributed by atoms with Gasteiger partial charge in [0.25, 0.3) is 0 Å². The molecule has 5 nitrogen and oxygen atoms in total. The van der Waals surface area contributed by atoms with Crippen LogP contribution in [0.3, 0.4) is 0 Å². The Morgan fingerprint density at radius 2 is 2.10 bits per heavy atom. The van der Waals surface area contributed by atoms with Crippen LogP contribution in [0.2, 0.25) is 0 Å². The van der Waals surface area contributed by atoms with Gasteiger partial charge in [-0.3, -0.25) is 4.79 Å². The van der Waals surface area contributed by atoms with Gasteiger partial charge in [0, 0.05) is 6.54 Å². The molecule has 0 spiro atoms. The summed E-state index contributed by atoms with van der Waals surface area (Å²) in [5.41, 5.74) is 3.24. The second-order valence-corrected chi connectivity index (χ2v) is 5.57. The Kier molecular flexibility index (Phi) is 4.96. The van der Waals surface area contributed by atoms with Crippen molar-refractivity contribution in [2.45, 2.75) is 45.3 Å². The number of hydrogen-bond donors (Lipinski definition) is 2. The summed E-state index contributed by atoms with van der Waals surface area (Å²) >= 11 is 0. The lowest BCUT2D eigenvalue weighted by Crippen LogP contribution is -2.34. The maximum absolute atomic E-state index is 12.0. The number of nitrogens with one attached hydrogen (secondary N) is 1. The molecule has 0 bridgehead atoms. The highest BCUT2D eigenvalue weighted by atomic mass is 16.5. The molecule has 2 N–H and O–H groups in total. The largest absolute Gasteiger partial charge is 0.479 e. The van der Waals surface area contributed by atoms with Crippen LogP contribution in [0, 0.1) is 13.8 Å². The van der Waals surface area contributed by atoms with Crippen LogP contribution in [0.1, 0.15) is 29.5 Å². The number of benzene rings is 1. The lowest BCUT2D eigenvalue weighted by atomic mass is 10.0. The lowest BCUT2D eigenvalue weighted by molar-refractivity contribution is -0.149. The summed E-state index contributed by atoms with van der Waals surface area (Å²) in [4.78, 5) is 22.7. The summed E-state index contributed by atoms with van der Waals surface area (Å²) in [5.74, 6) is -0.995. The van der Waals surface area contributed by atoms with E-state index >= 15 is 0 Å². The van der Waals surface area contributed by atoms with E-state index in [0.29, 0.717) is 25.8 Å². The molecular formula is C16H21NO4. The van der Waals surface area contributed by atoms with Crippen molar-refractivity contribution in [3.8, 4) is 0 Å². The fourth-order valence-corrected chi connectivity index (χ4v) is 2.49. The third-order valence-corrected chi connectivity index (χ3v) is 3.77. The highest BCUT2D eigenvalue weighted by Crippen LogP contribution is 2.19. The summed E-state index contributed by atoms with van der Waals surface area (Å²) < 4.78 is 5.35. The molecule has 114 valence electrons. The van der Waals surface area contributed by atoms with Crippen molar-refractivity contribution < 1.29 is 19.4 Å². The minimum Gasteiger partial charge on any atom is -0.479 e. The number of carboxylic acids is 1. The third-order valence-electron chi connectivity index (χ3n) is 3.77. The molecular weight excluding hydrogens is 270 g/mol. The Morgan fingerprint density at radius 3 is 2.76 bits per heavy atom. The van der Waals surface area contributed by atoms with Crippen LogP contribution in [0.5, 0.6) is 0 Å². The van der Waals surface area contributed by atoms with Crippen LogP contribution in [-0.4, -0.2) is 35.7 Å². The van der Waals surface area contributed by atoms with Crippen LogP contribution < -0.4 is 5.32 Å². The first-order chi connectivity index (χ1) is 9.95. The van der Waals surface area contributed by atoms with E-state index in [1.165, 1.54) is 0 Å². The fraction of sp³-hybridized carbons (Fsp3) is 0.500. The van der Waals surface area contributed by atoms with Gasteiger partial charge in [-0.1, -0.05) is 23.8 Å². The van der Waals surface area contributed by atoms with Crippen molar-refractivity contribution >= 4 is 11.9 Å². The van der Waals surface area contributed by atoms with Crippen molar-refractivity contribution in [1.29, 1.82) is 0 Å². The zero-order valence-corrected chi connectivity index (χ0v) is 12.4. The van der Waals surface area contributed by atoms with Gasteiger partial charge in [-0.2, -0.15) is 0 Å². The average molecular weight is 291 g/mol. The molecule has 1 aromatic rings. The number of rotatable bonds is 5. The molecule has 1 fully saturated rings. The second kappa shape index (κ2) is 6.72. The van der Waals surface area contributed by atoms with E-state index in [4.69, 9.17) is 9.84 Å². The monoisotopic (exact) mass is 291 g/mol. The van der Waals surface area contributed by atoms with Crippen LogP contribution in [-0.2, 0) is 20.7 Å². The molecule has 1 saturated heterocycles. The van der Waals surface area contributed by atoms with E-state index in [-0.39, 0.29) is 12.0 Å². The Bertz CT molecular complexity index is 541. The predicted molar refractivity (Wildman–Crippen MR) is 78.2 cm³/mol. The van der Waals surface area contributed by atoms with Crippen LogP contribution in [0.4, 0.5) is 0 Å². The highest BCUT2D eigenvalue weighted by Gasteiger charge is 2.30. The van der Waals surface area contributed by atoms with Gasteiger partial charge < -0.3 is 15.2 Å². The number of aryl methyl sites for hydroxylation is 2. The van der Waals surface area contributed by atoms with Gasteiger partial charge >= 0.3 is 5.97 Å². The highest BCUT2D eigenvalue weighted by molar-refractivity contribution is 5.79. The molecule has 5 heteroatoms. The molecule has 21 heavy (non-hydrogen) atoms. The van der Waals surface area contributed by atoms with E-state index < -0.39 is 12.1 Å². The zero-order chi connectivity index (χ0) is 15.4. The number of ether oxygens (including phenoxy) is 1. The predicted octanol–water partition coefficient (Wildman–Crippen LogP) is 1.59. The zero-order valence-electron chi connectivity index (χ0n) is 12.4.